The molecule has 0 radical (unpaired) electrons. The predicted octanol–water partition coefficient (Wildman–Crippen LogP) is 3.07. The van der Waals surface area contributed by atoms with Crippen molar-refractivity contribution in [2.24, 2.45) is 5.92 Å². The van der Waals surface area contributed by atoms with Gasteiger partial charge in [-0.05, 0) is 44.1 Å². The largest absolute Gasteiger partial charge is 0.381 e. The number of hydrogen-bond donors (Lipinski definition) is 0. The van der Waals surface area contributed by atoms with E-state index in [0.717, 1.165) is 37.8 Å². The van der Waals surface area contributed by atoms with E-state index >= 15 is 0 Å². The fourth-order valence-electron chi connectivity index (χ4n) is 4.04. The smallest absolute Gasteiger partial charge is 0.0480 e. The summed E-state index contributed by atoms with van der Waals surface area (Å²) in [7, 11) is 0. The Balaban J connectivity index is 1.31. The highest BCUT2D eigenvalue weighted by Crippen LogP contribution is 2.34. The Morgan fingerprint density at radius 3 is 2.35 bits per heavy atom. The van der Waals surface area contributed by atoms with Crippen LogP contribution in [0.5, 0.6) is 0 Å². The zero-order valence-electron chi connectivity index (χ0n) is 14.4. The third kappa shape index (κ3) is 3.96. The van der Waals surface area contributed by atoms with Gasteiger partial charge >= 0.3 is 0 Å². The van der Waals surface area contributed by atoms with Gasteiger partial charge in [-0.1, -0.05) is 29.8 Å². The van der Waals surface area contributed by atoms with Crippen LogP contribution in [-0.4, -0.2) is 54.7 Å². The second-order valence-corrected chi connectivity index (χ2v) is 7.82. The zero-order chi connectivity index (χ0) is 15.6. The van der Waals surface area contributed by atoms with Crippen molar-refractivity contribution in [1.82, 2.24) is 9.80 Å². The highest BCUT2D eigenvalue weighted by molar-refractivity contribution is 5.21. The SMILES string of the molecule is Cc1ccc(CN2CC(N(CC3CC3)C3CCOCC3)C2)cc1. The molecular formula is C20H30N2O. The Kier molecular flexibility index (Phi) is 4.70. The molecule has 2 aliphatic heterocycles. The first-order valence-electron chi connectivity index (χ1n) is 9.39. The van der Waals surface area contributed by atoms with Crippen LogP contribution in [0.3, 0.4) is 0 Å². The molecule has 23 heavy (non-hydrogen) atoms. The fraction of sp³-hybridized carbons (Fsp3) is 0.700. The van der Waals surface area contributed by atoms with Crippen LogP contribution in [0.1, 0.15) is 36.8 Å². The molecule has 1 saturated carbocycles. The normalized spacial score (nSPS) is 24.1. The van der Waals surface area contributed by atoms with Crippen LogP contribution < -0.4 is 0 Å². The number of hydrogen-bond acceptors (Lipinski definition) is 3. The highest BCUT2D eigenvalue weighted by atomic mass is 16.5. The topological polar surface area (TPSA) is 15.7 Å². The Bertz CT molecular complexity index is 499. The van der Waals surface area contributed by atoms with E-state index in [1.54, 1.807) is 0 Å². The van der Waals surface area contributed by atoms with Crippen molar-refractivity contribution in [2.45, 2.75) is 51.2 Å². The first-order valence-corrected chi connectivity index (χ1v) is 9.39. The average Bonchev–Trinajstić information content (AvgIpc) is 3.35. The molecule has 3 fully saturated rings. The van der Waals surface area contributed by atoms with Crippen LogP contribution in [-0.2, 0) is 11.3 Å². The third-order valence-corrected chi connectivity index (χ3v) is 5.76. The molecular weight excluding hydrogens is 284 g/mol. The first kappa shape index (κ1) is 15.6. The molecule has 3 nitrogen and oxygen atoms in total. The van der Waals surface area contributed by atoms with E-state index < -0.39 is 0 Å². The standard InChI is InChI=1S/C20H30N2O/c1-16-2-4-17(5-3-16)12-21-14-20(15-21)22(13-18-6-7-18)19-8-10-23-11-9-19/h2-5,18-20H,6-15H2,1H3. The van der Waals surface area contributed by atoms with Crippen molar-refractivity contribution < 1.29 is 4.74 Å². The molecule has 4 rings (SSSR count). The number of likely N-dealkylation sites (tertiary alicyclic amines) is 1. The molecule has 2 heterocycles. The van der Waals surface area contributed by atoms with E-state index in [0.29, 0.717) is 0 Å². The Morgan fingerprint density at radius 1 is 1.00 bits per heavy atom. The fourth-order valence-corrected chi connectivity index (χ4v) is 4.04. The summed E-state index contributed by atoms with van der Waals surface area (Å²) in [6.45, 7) is 9.04. The molecule has 3 aliphatic rings. The van der Waals surface area contributed by atoms with Gasteiger partial charge in [0.1, 0.15) is 0 Å². The van der Waals surface area contributed by atoms with Gasteiger partial charge < -0.3 is 4.74 Å². The maximum atomic E-state index is 5.57. The van der Waals surface area contributed by atoms with Gasteiger partial charge in [0.05, 0.1) is 0 Å². The van der Waals surface area contributed by atoms with Gasteiger partial charge in [0.25, 0.3) is 0 Å². The van der Waals surface area contributed by atoms with Crippen molar-refractivity contribution in [3.8, 4) is 0 Å². The van der Waals surface area contributed by atoms with Crippen molar-refractivity contribution in [1.29, 1.82) is 0 Å². The first-order chi connectivity index (χ1) is 11.3. The van der Waals surface area contributed by atoms with Crippen LogP contribution in [0.4, 0.5) is 0 Å². The van der Waals surface area contributed by atoms with Crippen molar-refractivity contribution >= 4 is 0 Å². The molecule has 0 N–H and O–H groups in total. The monoisotopic (exact) mass is 314 g/mol. The van der Waals surface area contributed by atoms with Gasteiger partial charge in [0, 0.05) is 51.5 Å². The number of ether oxygens (including phenoxy) is 1. The molecule has 0 aromatic heterocycles. The Labute approximate surface area is 140 Å². The maximum absolute atomic E-state index is 5.57. The van der Waals surface area contributed by atoms with Crippen LogP contribution in [0.2, 0.25) is 0 Å². The average molecular weight is 314 g/mol. The summed E-state index contributed by atoms with van der Waals surface area (Å²) in [6, 6.07) is 10.6. The number of aryl methyl sites for hydroxylation is 1. The molecule has 0 unspecified atom stereocenters. The third-order valence-electron chi connectivity index (χ3n) is 5.76. The second-order valence-electron chi connectivity index (χ2n) is 7.82. The van der Waals surface area contributed by atoms with Gasteiger partial charge in [-0.15, -0.1) is 0 Å². The van der Waals surface area contributed by atoms with Gasteiger partial charge in [-0.2, -0.15) is 0 Å². The lowest BCUT2D eigenvalue weighted by Crippen LogP contribution is -2.62. The molecule has 1 aromatic carbocycles. The van der Waals surface area contributed by atoms with E-state index in [1.807, 2.05) is 0 Å². The lowest BCUT2D eigenvalue weighted by molar-refractivity contribution is -0.0355. The Hall–Kier alpha value is -0.900. The summed E-state index contributed by atoms with van der Waals surface area (Å²) >= 11 is 0. The molecule has 3 heteroatoms. The lowest BCUT2D eigenvalue weighted by Gasteiger charge is -2.49. The molecule has 1 aromatic rings. The zero-order valence-corrected chi connectivity index (χ0v) is 14.4. The summed E-state index contributed by atoms with van der Waals surface area (Å²) < 4.78 is 5.57. The summed E-state index contributed by atoms with van der Waals surface area (Å²) in [5, 5.41) is 0. The Morgan fingerprint density at radius 2 is 1.70 bits per heavy atom. The quantitative estimate of drug-likeness (QED) is 0.802. The summed E-state index contributed by atoms with van der Waals surface area (Å²) in [6.07, 6.45) is 5.39. The van der Waals surface area contributed by atoms with Crippen LogP contribution in [0.15, 0.2) is 24.3 Å². The van der Waals surface area contributed by atoms with Crippen molar-refractivity contribution in [2.75, 3.05) is 32.8 Å². The van der Waals surface area contributed by atoms with Crippen molar-refractivity contribution in [3.63, 3.8) is 0 Å². The predicted molar refractivity (Wildman–Crippen MR) is 93.5 cm³/mol. The van der Waals surface area contributed by atoms with Gasteiger partial charge in [-0.25, -0.2) is 0 Å². The summed E-state index contributed by atoms with van der Waals surface area (Å²) in [5.74, 6) is 0.990. The minimum absolute atomic E-state index is 0.774. The van der Waals surface area contributed by atoms with Crippen LogP contribution in [0.25, 0.3) is 0 Å². The number of benzene rings is 1. The molecule has 0 spiro atoms. The summed E-state index contributed by atoms with van der Waals surface area (Å²) in [4.78, 5) is 5.46. The molecule has 0 bridgehead atoms. The number of nitrogens with zero attached hydrogens (tertiary/aromatic N) is 2. The molecule has 2 saturated heterocycles. The van der Waals surface area contributed by atoms with E-state index in [4.69, 9.17) is 4.74 Å². The van der Waals surface area contributed by atoms with Gasteiger partial charge in [-0.3, -0.25) is 9.80 Å². The minimum atomic E-state index is 0.774. The van der Waals surface area contributed by atoms with Gasteiger partial charge in [0.2, 0.25) is 0 Å². The van der Waals surface area contributed by atoms with E-state index in [9.17, 15) is 0 Å². The highest BCUT2D eigenvalue weighted by Gasteiger charge is 2.38. The van der Waals surface area contributed by atoms with Crippen LogP contribution in [0, 0.1) is 12.8 Å². The molecule has 0 amide bonds. The van der Waals surface area contributed by atoms with E-state index in [1.165, 1.54) is 56.4 Å². The lowest BCUT2D eigenvalue weighted by atomic mass is 9.98. The molecule has 1 aliphatic carbocycles. The number of rotatable bonds is 6. The molecule has 0 atom stereocenters. The summed E-state index contributed by atoms with van der Waals surface area (Å²) in [5.41, 5.74) is 2.80. The molecule has 126 valence electrons. The maximum Gasteiger partial charge on any atom is 0.0480 e. The van der Waals surface area contributed by atoms with Gasteiger partial charge in [0.15, 0.2) is 0 Å². The van der Waals surface area contributed by atoms with Crippen molar-refractivity contribution in [3.05, 3.63) is 35.4 Å². The van der Waals surface area contributed by atoms with E-state index in [2.05, 4.69) is 41.0 Å². The van der Waals surface area contributed by atoms with E-state index in [-0.39, 0.29) is 0 Å². The minimum Gasteiger partial charge on any atom is -0.381 e. The van der Waals surface area contributed by atoms with Crippen LogP contribution >= 0.6 is 0 Å². The second kappa shape index (κ2) is 6.92.